The molecule has 0 aliphatic heterocycles. The number of rotatable bonds is 3. The molecule has 0 aliphatic carbocycles. The first-order chi connectivity index (χ1) is 9.20. The Morgan fingerprint density at radius 3 is 2.84 bits per heavy atom. The van der Waals surface area contributed by atoms with Crippen molar-refractivity contribution in [2.75, 3.05) is 6.54 Å². The van der Waals surface area contributed by atoms with Crippen LogP contribution in [0.1, 0.15) is 10.4 Å². The van der Waals surface area contributed by atoms with Crippen LogP contribution in [0.15, 0.2) is 34.5 Å². The van der Waals surface area contributed by atoms with Crippen LogP contribution in [0.2, 0.25) is 0 Å². The summed E-state index contributed by atoms with van der Waals surface area (Å²) in [4.78, 5) is 1.50. The molecule has 2 rings (SSSR count). The summed E-state index contributed by atoms with van der Waals surface area (Å²) in [7, 11) is 0. The second kappa shape index (κ2) is 6.71. The summed E-state index contributed by atoms with van der Waals surface area (Å²) in [6, 6.07) is 5.53. The molecule has 1 aromatic carbocycles. The third-order valence-electron chi connectivity index (χ3n) is 2.32. The van der Waals surface area contributed by atoms with Crippen LogP contribution in [0.5, 0.6) is 0 Å². The maximum atomic E-state index is 13.5. The lowest BCUT2D eigenvalue weighted by molar-refractivity contribution is 0.565. The Kier molecular flexibility index (Phi) is 4.97. The highest BCUT2D eigenvalue weighted by molar-refractivity contribution is 7.98. The highest BCUT2D eigenvalue weighted by Crippen LogP contribution is 2.29. The Balaban J connectivity index is 2.08. The molecule has 2 aromatic rings. The molecule has 19 heavy (non-hydrogen) atoms. The van der Waals surface area contributed by atoms with Gasteiger partial charge in [0.05, 0.1) is 6.54 Å². The summed E-state index contributed by atoms with van der Waals surface area (Å²) in [5, 5.41) is 1.94. The first kappa shape index (κ1) is 14.1. The van der Waals surface area contributed by atoms with Gasteiger partial charge in [0, 0.05) is 27.2 Å². The van der Waals surface area contributed by atoms with Gasteiger partial charge in [0.25, 0.3) is 0 Å². The fourth-order valence-corrected chi connectivity index (χ4v) is 3.31. The number of thioether (sulfide) groups is 1. The molecule has 1 heterocycles. The van der Waals surface area contributed by atoms with Crippen LogP contribution in [-0.2, 0) is 5.75 Å². The number of nitrogens with two attached hydrogens (primary N) is 1. The minimum absolute atomic E-state index is 0.315. The van der Waals surface area contributed by atoms with Gasteiger partial charge >= 0.3 is 0 Å². The van der Waals surface area contributed by atoms with Gasteiger partial charge in [0.15, 0.2) is 0 Å². The molecule has 0 fully saturated rings. The van der Waals surface area contributed by atoms with Crippen LogP contribution in [0, 0.1) is 23.5 Å². The number of hydrogen-bond donors (Lipinski definition) is 1. The highest BCUT2D eigenvalue weighted by atomic mass is 32.2. The first-order valence-corrected chi connectivity index (χ1v) is 7.40. The summed E-state index contributed by atoms with van der Waals surface area (Å²) in [6.07, 6.45) is 0. The molecule has 0 bridgehead atoms. The van der Waals surface area contributed by atoms with Gasteiger partial charge in [-0.15, -0.1) is 23.1 Å². The van der Waals surface area contributed by atoms with Crippen molar-refractivity contribution >= 4 is 23.1 Å². The zero-order valence-corrected chi connectivity index (χ0v) is 11.6. The minimum atomic E-state index is -0.563. The summed E-state index contributed by atoms with van der Waals surface area (Å²) in [5.74, 6) is 5.29. The normalized spacial score (nSPS) is 10.1. The average molecular weight is 295 g/mol. The van der Waals surface area contributed by atoms with Crippen LogP contribution < -0.4 is 5.73 Å². The van der Waals surface area contributed by atoms with E-state index in [-0.39, 0.29) is 0 Å². The second-order valence-electron chi connectivity index (χ2n) is 3.63. The molecule has 0 saturated carbocycles. The van der Waals surface area contributed by atoms with E-state index in [1.807, 2.05) is 11.4 Å². The molecule has 0 radical (unpaired) electrons. The molecule has 0 aliphatic rings. The lowest BCUT2D eigenvalue weighted by Crippen LogP contribution is -1.93. The van der Waals surface area contributed by atoms with Crippen molar-refractivity contribution in [2.24, 2.45) is 5.73 Å². The molecule has 0 spiro atoms. The summed E-state index contributed by atoms with van der Waals surface area (Å²) in [6.45, 7) is 0.315. The van der Waals surface area contributed by atoms with Crippen molar-refractivity contribution in [3.05, 3.63) is 51.7 Å². The van der Waals surface area contributed by atoms with Crippen LogP contribution >= 0.6 is 23.1 Å². The largest absolute Gasteiger partial charge is 0.320 e. The van der Waals surface area contributed by atoms with Gasteiger partial charge in [-0.05, 0) is 23.6 Å². The van der Waals surface area contributed by atoms with E-state index in [2.05, 4.69) is 11.8 Å². The van der Waals surface area contributed by atoms with E-state index < -0.39 is 11.6 Å². The van der Waals surface area contributed by atoms with Gasteiger partial charge in [-0.3, -0.25) is 0 Å². The van der Waals surface area contributed by atoms with Crippen molar-refractivity contribution in [3.8, 4) is 11.8 Å². The van der Waals surface area contributed by atoms with Crippen molar-refractivity contribution in [1.82, 2.24) is 0 Å². The maximum Gasteiger partial charge on any atom is 0.139 e. The average Bonchev–Trinajstić information content (AvgIpc) is 2.83. The molecule has 0 unspecified atom stereocenters. The van der Waals surface area contributed by atoms with Gasteiger partial charge in [0.2, 0.25) is 0 Å². The van der Waals surface area contributed by atoms with Gasteiger partial charge in [-0.2, -0.15) is 0 Å². The zero-order valence-electron chi connectivity index (χ0n) is 9.95. The lowest BCUT2D eigenvalue weighted by Gasteiger charge is -2.02. The predicted octanol–water partition coefficient (Wildman–Crippen LogP) is 3.63. The number of halogens is 2. The SMILES string of the molecule is NCC#Cc1ccsc1CSc1ccc(F)cc1F. The summed E-state index contributed by atoms with van der Waals surface area (Å²) >= 11 is 2.90. The monoisotopic (exact) mass is 295 g/mol. The Morgan fingerprint density at radius 2 is 2.11 bits per heavy atom. The Bertz CT molecular complexity index is 626. The van der Waals surface area contributed by atoms with Crippen molar-refractivity contribution in [2.45, 2.75) is 10.6 Å². The van der Waals surface area contributed by atoms with Crippen molar-refractivity contribution < 1.29 is 8.78 Å². The molecular weight excluding hydrogens is 284 g/mol. The maximum absolute atomic E-state index is 13.5. The first-order valence-electron chi connectivity index (χ1n) is 5.54. The lowest BCUT2D eigenvalue weighted by atomic mass is 10.3. The Hall–Kier alpha value is -1.35. The number of hydrogen-bond acceptors (Lipinski definition) is 3. The quantitative estimate of drug-likeness (QED) is 0.691. The van der Waals surface area contributed by atoms with Crippen LogP contribution in [0.25, 0.3) is 0 Å². The van der Waals surface area contributed by atoms with Gasteiger partial charge in [-0.1, -0.05) is 11.8 Å². The van der Waals surface area contributed by atoms with E-state index >= 15 is 0 Å². The van der Waals surface area contributed by atoms with Crippen molar-refractivity contribution in [3.63, 3.8) is 0 Å². The van der Waals surface area contributed by atoms with E-state index in [0.29, 0.717) is 17.2 Å². The number of benzene rings is 1. The van der Waals surface area contributed by atoms with E-state index in [1.54, 1.807) is 11.3 Å². The Labute approximate surface area is 118 Å². The van der Waals surface area contributed by atoms with Crippen LogP contribution in [0.4, 0.5) is 8.78 Å². The topological polar surface area (TPSA) is 26.0 Å². The fraction of sp³-hybridized carbons (Fsp3) is 0.143. The van der Waals surface area contributed by atoms with Crippen LogP contribution in [0.3, 0.4) is 0 Å². The molecule has 0 amide bonds. The minimum Gasteiger partial charge on any atom is -0.320 e. The second-order valence-corrected chi connectivity index (χ2v) is 5.64. The Morgan fingerprint density at radius 1 is 1.26 bits per heavy atom. The molecule has 1 aromatic heterocycles. The highest BCUT2D eigenvalue weighted by Gasteiger charge is 2.07. The number of thiophene rings is 1. The van der Waals surface area contributed by atoms with E-state index in [0.717, 1.165) is 16.5 Å². The fourth-order valence-electron chi connectivity index (χ4n) is 1.45. The van der Waals surface area contributed by atoms with Crippen LogP contribution in [-0.4, -0.2) is 6.54 Å². The third-order valence-corrected chi connectivity index (χ3v) is 4.50. The standard InChI is InChI=1S/C14H11F2NS2/c15-11-3-4-13(12(16)8-11)19-9-14-10(2-1-6-17)5-7-18-14/h3-5,7-8H,6,9,17H2. The van der Waals surface area contributed by atoms with E-state index in [4.69, 9.17) is 5.73 Å². The van der Waals surface area contributed by atoms with E-state index in [1.165, 1.54) is 23.9 Å². The third kappa shape index (κ3) is 3.80. The zero-order chi connectivity index (χ0) is 13.7. The van der Waals surface area contributed by atoms with E-state index in [9.17, 15) is 8.78 Å². The van der Waals surface area contributed by atoms with Gasteiger partial charge in [-0.25, -0.2) is 8.78 Å². The van der Waals surface area contributed by atoms with Gasteiger partial charge < -0.3 is 5.73 Å². The molecule has 1 nitrogen and oxygen atoms in total. The molecular formula is C14H11F2NS2. The molecule has 98 valence electrons. The molecule has 0 saturated heterocycles. The summed E-state index contributed by atoms with van der Waals surface area (Å²) in [5.41, 5.74) is 6.26. The summed E-state index contributed by atoms with van der Waals surface area (Å²) < 4.78 is 26.3. The smallest absolute Gasteiger partial charge is 0.139 e. The molecule has 2 N–H and O–H groups in total. The van der Waals surface area contributed by atoms with Crippen molar-refractivity contribution in [1.29, 1.82) is 0 Å². The predicted molar refractivity (Wildman–Crippen MR) is 76.2 cm³/mol. The molecule has 0 atom stereocenters. The van der Waals surface area contributed by atoms with Gasteiger partial charge in [0.1, 0.15) is 11.6 Å². The molecule has 5 heteroatoms.